The molecule has 2 aromatic rings. The number of hydrogen-bond donors (Lipinski definition) is 0. The number of rotatable bonds is 6. The van der Waals surface area contributed by atoms with Crippen LogP contribution >= 0.6 is 0 Å². The van der Waals surface area contributed by atoms with Gasteiger partial charge in [-0.1, -0.05) is 42.5 Å². The Kier molecular flexibility index (Phi) is 5.47. The van der Waals surface area contributed by atoms with E-state index in [1.807, 2.05) is 30.3 Å². The molecule has 0 unspecified atom stereocenters. The summed E-state index contributed by atoms with van der Waals surface area (Å²) in [7, 11) is 0. The molecule has 0 N–H and O–H groups in total. The third-order valence-corrected chi connectivity index (χ3v) is 5.17. The maximum Gasteiger partial charge on any atom is 0.413 e. The van der Waals surface area contributed by atoms with Crippen LogP contribution in [0, 0.1) is 0 Å². The number of benzene rings is 2. The molecule has 8 heteroatoms. The zero-order valence-electron chi connectivity index (χ0n) is 16.2. The molecule has 1 saturated heterocycles. The van der Waals surface area contributed by atoms with Crippen LogP contribution in [-0.4, -0.2) is 53.0 Å². The average Bonchev–Trinajstić information content (AvgIpc) is 3.26. The van der Waals surface area contributed by atoms with Crippen molar-refractivity contribution in [3.63, 3.8) is 0 Å². The van der Waals surface area contributed by atoms with Gasteiger partial charge in [0.05, 0.1) is 11.1 Å². The van der Waals surface area contributed by atoms with E-state index in [2.05, 4.69) is 0 Å². The molecule has 4 rings (SSSR count). The van der Waals surface area contributed by atoms with Crippen LogP contribution in [-0.2, 0) is 20.9 Å². The van der Waals surface area contributed by atoms with Crippen LogP contribution in [0.15, 0.2) is 54.6 Å². The van der Waals surface area contributed by atoms with E-state index >= 15 is 0 Å². The fraction of sp³-hybridized carbons (Fsp3) is 0.273. The van der Waals surface area contributed by atoms with Gasteiger partial charge in [0.15, 0.2) is 6.73 Å². The molecular formula is C22H20N2O6. The fourth-order valence-electron chi connectivity index (χ4n) is 3.59. The Labute approximate surface area is 173 Å². The van der Waals surface area contributed by atoms with Gasteiger partial charge in [0.25, 0.3) is 11.8 Å². The number of hydrogen-bond acceptors (Lipinski definition) is 6. The molecule has 1 atom stereocenters. The Morgan fingerprint density at radius 3 is 2.27 bits per heavy atom. The Morgan fingerprint density at radius 2 is 1.60 bits per heavy atom. The SMILES string of the molecule is O=C1OCN(C(=O)OCc2ccccc2)[C@@H]1CCCN1C(=O)c2ccccc2C1=O. The minimum atomic E-state index is -0.802. The van der Waals surface area contributed by atoms with Crippen molar-refractivity contribution < 1.29 is 28.7 Å². The minimum Gasteiger partial charge on any atom is -0.444 e. The Morgan fingerprint density at radius 1 is 0.967 bits per heavy atom. The van der Waals surface area contributed by atoms with E-state index in [9.17, 15) is 19.2 Å². The van der Waals surface area contributed by atoms with Crippen LogP contribution in [0.25, 0.3) is 0 Å². The first kappa shape index (κ1) is 19.6. The Bertz CT molecular complexity index is 955. The van der Waals surface area contributed by atoms with Crippen molar-refractivity contribution in [2.45, 2.75) is 25.5 Å². The second kappa shape index (κ2) is 8.36. The summed E-state index contributed by atoms with van der Waals surface area (Å²) in [6, 6.07) is 15.1. The highest BCUT2D eigenvalue weighted by atomic mass is 16.6. The lowest BCUT2D eigenvalue weighted by Gasteiger charge is -2.20. The number of carbonyl (C=O) groups excluding carboxylic acids is 4. The Hall–Kier alpha value is -3.68. The van der Waals surface area contributed by atoms with Crippen LogP contribution in [0.2, 0.25) is 0 Å². The van der Waals surface area contributed by atoms with Crippen molar-refractivity contribution in [1.29, 1.82) is 0 Å². The second-order valence-electron chi connectivity index (χ2n) is 7.07. The first-order chi connectivity index (χ1) is 14.6. The summed E-state index contributed by atoms with van der Waals surface area (Å²) in [4.78, 5) is 51.7. The van der Waals surface area contributed by atoms with Gasteiger partial charge < -0.3 is 9.47 Å². The second-order valence-corrected chi connectivity index (χ2v) is 7.07. The molecule has 8 nitrogen and oxygen atoms in total. The Balaban J connectivity index is 1.32. The molecule has 2 aromatic carbocycles. The average molecular weight is 408 g/mol. The molecule has 1 fully saturated rings. The van der Waals surface area contributed by atoms with E-state index in [0.29, 0.717) is 17.5 Å². The fourth-order valence-corrected chi connectivity index (χ4v) is 3.59. The zero-order valence-corrected chi connectivity index (χ0v) is 16.2. The predicted octanol–water partition coefficient (Wildman–Crippen LogP) is 2.58. The van der Waals surface area contributed by atoms with Gasteiger partial charge in [0, 0.05) is 6.54 Å². The molecule has 0 spiro atoms. The monoisotopic (exact) mass is 408 g/mol. The zero-order chi connectivity index (χ0) is 21.1. The largest absolute Gasteiger partial charge is 0.444 e. The molecule has 0 aliphatic carbocycles. The molecule has 0 bridgehead atoms. The molecule has 0 saturated carbocycles. The van der Waals surface area contributed by atoms with Crippen LogP contribution in [0.4, 0.5) is 4.79 Å². The highest BCUT2D eigenvalue weighted by molar-refractivity contribution is 6.21. The van der Waals surface area contributed by atoms with Gasteiger partial charge in [0.2, 0.25) is 0 Å². The van der Waals surface area contributed by atoms with E-state index in [-0.39, 0.29) is 38.1 Å². The van der Waals surface area contributed by atoms with Crippen LogP contribution in [0.5, 0.6) is 0 Å². The number of esters is 1. The highest BCUT2D eigenvalue weighted by Crippen LogP contribution is 2.24. The van der Waals surface area contributed by atoms with Gasteiger partial charge in [-0.3, -0.25) is 19.4 Å². The third kappa shape index (κ3) is 3.76. The molecule has 0 aromatic heterocycles. The third-order valence-electron chi connectivity index (χ3n) is 5.17. The summed E-state index contributed by atoms with van der Waals surface area (Å²) in [5.74, 6) is -1.21. The first-order valence-electron chi connectivity index (χ1n) is 9.65. The van der Waals surface area contributed by atoms with Gasteiger partial charge in [-0.15, -0.1) is 0 Å². The number of ether oxygens (including phenoxy) is 2. The van der Waals surface area contributed by atoms with E-state index in [1.165, 1.54) is 9.80 Å². The summed E-state index contributed by atoms with van der Waals surface area (Å²) in [6.45, 7) is 0.0687. The summed E-state index contributed by atoms with van der Waals surface area (Å²) in [6.07, 6.45) is -0.0316. The number of fused-ring (bicyclic) bond motifs is 1. The van der Waals surface area contributed by atoms with Crippen molar-refractivity contribution in [2.24, 2.45) is 0 Å². The van der Waals surface area contributed by atoms with Gasteiger partial charge in [-0.05, 0) is 30.5 Å². The lowest BCUT2D eigenvalue weighted by atomic mass is 10.1. The summed E-state index contributed by atoms with van der Waals surface area (Å²) >= 11 is 0. The topological polar surface area (TPSA) is 93.2 Å². The molecule has 3 amide bonds. The minimum absolute atomic E-state index is 0.0894. The smallest absolute Gasteiger partial charge is 0.413 e. The number of amides is 3. The normalized spacial score (nSPS) is 17.9. The van der Waals surface area contributed by atoms with Crippen molar-refractivity contribution in [3.05, 3.63) is 71.3 Å². The van der Waals surface area contributed by atoms with E-state index < -0.39 is 18.1 Å². The number of nitrogens with zero attached hydrogens (tertiary/aromatic N) is 2. The number of imide groups is 1. The molecule has 154 valence electrons. The maximum absolute atomic E-state index is 12.4. The molecule has 0 radical (unpaired) electrons. The molecule has 30 heavy (non-hydrogen) atoms. The standard InChI is InChI=1S/C22H20N2O6/c25-19-16-9-4-5-10-17(16)20(26)23(19)12-6-11-18-21(27)30-14-24(18)22(28)29-13-15-7-2-1-3-8-15/h1-5,7-10,18H,6,11-14H2/t18-/m1/s1. The molecule has 2 aliphatic rings. The van der Waals surface area contributed by atoms with Crippen LogP contribution in [0.1, 0.15) is 39.1 Å². The van der Waals surface area contributed by atoms with Crippen molar-refractivity contribution in [1.82, 2.24) is 9.80 Å². The highest BCUT2D eigenvalue weighted by Gasteiger charge is 2.39. The van der Waals surface area contributed by atoms with E-state index in [1.54, 1.807) is 24.3 Å². The lowest BCUT2D eigenvalue weighted by molar-refractivity contribution is -0.139. The van der Waals surface area contributed by atoms with Gasteiger partial charge in [-0.2, -0.15) is 0 Å². The van der Waals surface area contributed by atoms with Crippen molar-refractivity contribution in [3.8, 4) is 0 Å². The summed E-state index contributed by atoms with van der Waals surface area (Å²) in [5, 5.41) is 0. The van der Waals surface area contributed by atoms with Crippen LogP contribution in [0.3, 0.4) is 0 Å². The first-order valence-corrected chi connectivity index (χ1v) is 9.65. The number of carbonyl (C=O) groups is 4. The summed E-state index contributed by atoms with van der Waals surface area (Å²) < 4.78 is 10.3. The number of cyclic esters (lactones) is 1. The summed E-state index contributed by atoms with van der Waals surface area (Å²) in [5.41, 5.74) is 1.60. The van der Waals surface area contributed by atoms with Gasteiger partial charge >= 0.3 is 12.1 Å². The van der Waals surface area contributed by atoms with Gasteiger partial charge in [0.1, 0.15) is 12.6 Å². The molecular weight excluding hydrogens is 388 g/mol. The predicted molar refractivity (Wildman–Crippen MR) is 104 cm³/mol. The van der Waals surface area contributed by atoms with E-state index in [4.69, 9.17) is 9.47 Å². The lowest BCUT2D eigenvalue weighted by Crippen LogP contribution is -2.39. The molecule has 2 aliphatic heterocycles. The van der Waals surface area contributed by atoms with E-state index in [0.717, 1.165) is 5.56 Å². The van der Waals surface area contributed by atoms with Crippen molar-refractivity contribution in [2.75, 3.05) is 13.3 Å². The molecule has 2 heterocycles. The maximum atomic E-state index is 12.4. The van der Waals surface area contributed by atoms with Crippen molar-refractivity contribution >= 4 is 23.9 Å². The van der Waals surface area contributed by atoms with Crippen LogP contribution < -0.4 is 0 Å². The van der Waals surface area contributed by atoms with Gasteiger partial charge in [-0.25, -0.2) is 9.59 Å². The quantitative estimate of drug-likeness (QED) is 0.539.